The summed E-state index contributed by atoms with van der Waals surface area (Å²) in [7, 11) is -4.78. The molecule has 2 aliphatic rings. The molecule has 8 nitrogen and oxygen atoms in total. The van der Waals surface area contributed by atoms with Gasteiger partial charge in [0.05, 0.1) is 21.5 Å². The number of carboxylic acid groups (broad SMARTS) is 1. The number of benzene rings is 4. The first-order valence-corrected chi connectivity index (χ1v) is 14.2. The SMILES string of the molecule is CCN(CC)c1ccc2c(-c3ccccc3S(=O)(=O)[O-])c3ccc(=Nc4c(C)cccc4C(=O)O)cc-3oc2c1.[Na+]. The molecule has 0 atom stereocenters. The van der Waals surface area contributed by atoms with E-state index in [1.54, 1.807) is 49.4 Å². The molecule has 0 saturated carbocycles. The van der Waals surface area contributed by atoms with Crippen molar-refractivity contribution in [2.45, 2.75) is 25.7 Å². The minimum absolute atomic E-state index is 0. The van der Waals surface area contributed by atoms with Crippen molar-refractivity contribution in [2.75, 3.05) is 18.0 Å². The largest absolute Gasteiger partial charge is 1.00 e. The summed E-state index contributed by atoms with van der Waals surface area (Å²) in [5, 5.41) is 10.8. The van der Waals surface area contributed by atoms with Crippen molar-refractivity contribution < 1.29 is 56.8 Å². The zero-order valence-corrected chi connectivity index (χ0v) is 26.0. The fraction of sp³-hybridized carbons (Fsp3) is 0.161. The van der Waals surface area contributed by atoms with E-state index in [2.05, 4.69) is 23.7 Å². The quantitative estimate of drug-likeness (QED) is 0.179. The zero-order valence-electron chi connectivity index (χ0n) is 23.2. The van der Waals surface area contributed by atoms with Gasteiger partial charge in [0.15, 0.2) is 0 Å². The fourth-order valence-electron chi connectivity index (χ4n) is 5.01. The minimum Gasteiger partial charge on any atom is -0.744 e. The van der Waals surface area contributed by atoms with Crippen molar-refractivity contribution in [3.63, 3.8) is 0 Å². The van der Waals surface area contributed by atoms with E-state index in [1.807, 2.05) is 18.2 Å². The normalized spacial score (nSPS) is 12.0. The topological polar surface area (TPSA) is 123 Å². The molecule has 0 spiro atoms. The second-order valence-electron chi connectivity index (χ2n) is 9.35. The molecule has 1 aliphatic carbocycles. The zero-order chi connectivity index (χ0) is 28.6. The number of fused-ring (bicyclic) bond motifs is 2. The van der Waals surface area contributed by atoms with Crippen molar-refractivity contribution in [3.05, 3.63) is 95.3 Å². The Bertz CT molecular complexity index is 1910. The molecule has 0 radical (unpaired) electrons. The number of rotatable bonds is 7. The van der Waals surface area contributed by atoms with Gasteiger partial charge in [0, 0.05) is 53.0 Å². The van der Waals surface area contributed by atoms with Crippen LogP contribution in [0.15, 0.2) is 93.2 Å². The second kappa shape index (κ2) is 12.2. The number of hydrogen-bond donors (Lipinski definition) is 1. The van der Waals surface area contributed by atoms with Gasteiger partial charge < -0.3 is 19.0 Å². The molecule has 5 rings (SSSR count). The number of anilines is 1. The van der Waals surface area contributed by atoms with Crippen LogP contribution in [0.5, 0.6) is 0 Å². The fourth-order valence-corrected chi connectivity index (χ4v) is 5.70. The van der Waals surface area contributed by atoms with Crippen LogP contribution < -0.4 is 39.8 Å². The molecule has 0 saturated heterocycles. The van der Waals surface area contributed by atoms with E-state index >= 15 is 0 Å². The number of aromatic carboxylic acids is 1. The molecule has 10 heteroatoms. The van der Waals surface area contributed by atoms with Gasteiger partial charge in [0.1, 0.15) is 21.5 Å². The maximum Gasteiger partial charge on any atom is 1.00 e. The summed E-state index contributed by atoms with van der Waals surface area (Å²) in [6, 6.07) is 21.9. The summed E-state index contributed by atoms with van der Waals surface area (Å²) in [5.74, 6) is -0.676. The average Bonchev–Trinajstić information content (AvgIpc) is 2.92. The summed E-state index contributed by atoms with van der Waals surface area (Å²) in [6.07, 6.45) is 0. The Morgan fingerprint density at radius 1 is 0.951 bits per heavy atom. The van der Waals surface area contributed by atoms with Gasteiger partial charge in [-0.1, -0.05) is 30.3 Å². The molecular formula is C31H27N2NaO6S. The Morgan fingerprint density at radius 2 is 1.68 bits per heavy atom. The van der Waals surface area contributed by atoms with Crippen molar-refractivity contribution >= 4 is 38.4 Å². The number of carboxylic acids is 1. The Hall–Kier alpha value is -3.47. The third-order valence-corrected chi connectivity index (χ3v) is 7.85. The van der Waals surface area contributed by atoms with Crippen LogP contribution in [0.4, 0.5) is 11.4 Å². The van der Waals surface area contributed by atoms with Crippen LogP contribution in [0.25, 0.3) is 33.4 Å². The molecule has 0 unspecified atom stereocenters. The van der Waals surface area contributed by atoms with Crippen LogP contribution in [0.3, 0.4) is 0 Å². The van der Waals surface area contributed by atoms with E-state index in [9.17, 15) is 22.9 Å². The second-order valence-corrected chi connectivity index (χ2v) is 10.7. The smallest absolute Gasteiger partial charge is 0.744 e. The Labute approximate surface area is 260 Å². The van der Waals surface area contributed by atoms with Gasteiger partial charge in [0.2, 0.25) is 0 Å². The molecular weight excluding hydrogens is 551 g/mol. The molecule has 0 bridgehead atoms. The van der Waals surface area contributed by atoms with Gasteiger partial charge in [-0.05, 0) is 62.7 Å². The molecule has 3 aromatic carbocycles. The van der Waals surface area contributed by atoms with Gasteiger partial charge in [-0.2, -0.15) is 0 Å². The molecule has 3 aromatic rings. The van der Waals surface area contributed by atoms with E-state index in [1.165, 1.54) is 18.2 Å². The van der Waals surface area contributed by atoms with Gasteiger partial charge >= 0.3 is 35.5 Å². The molecule has 1 N–H and O–H groups in total. The summed E-state index contributed by atoms with van der Waals surface area (Å²) >= 11 is 0. The summed E-state index contributed by atoms with van der Waals surface area (Å²) in [4.78, 5) is 18.3. The van der Waals surface area contributed by atoms with E-state index in [0.29, 0.717) is 44.5 Å². The van der Waals surface area contributed by atoms with Gasteiger partial charge in [0.25, 0.3) is 0 Å². The Morgan fingerprint density at radius 3 is 2.37 bits per heavy atom. The molecule has 0 fully saturated rings. The van der Waals surface area contributed by atoms with Crippen molar-refractivity contribution in [2.24, 2.45) is 4.99 Å². The van der Waals surface area contributed by atoms with Crippen LogP contribution in [-0.4, -0.2) is 37.1 Å². The minimum atomic E-state index is -4.78. The first-order valence-electron chi connectivity index (χ1n) is 12.8. The third-order valence-electron chi connectivity index (χ3n) is 6.95. The predicted octanol–water partition coefficient (Wildman–Crippen LogP) is 3.20. The number of para-hydroxylation sites is 1. The monoisotopic (exact) mass is 578 g/mol. The van der Waals surface area contributed by atoms with Crippen LogP contribution in [0.1, 0.15) is 29.8 Å². The molecule has 0 amide bonds. The summed E-state index contributed by atoms with van der Waals surface area (Å²) < 4.78 is 43.1. The number of aryl methyl sites for hydroxylation is 1. The standard InChI is InChI=1S/C31H28N2O6S.Na/c1-4-33(5-2)21-14-16-23-27(18-21)39-26-17-20(32-30-19(3)9-8-11-25(30)31(34)35)13-15-22(26)29(23)24-10-6-7-12-28(24)40(36,37)38;/h6-18H,4-5H2,1-3H3,(H,34,35)(H,36,37,38);/q;+1/p-1. The van der Waals surface area contributed by atoms with Crippen molar-refractivity contribution in [3.8, 4) is 22.5 Å². The Kier molecular flexibility index (Phi) is 9.06. The number of hydrogen-bond acceptors (Lipinski definition) is 7. The first kappa shape index (κ1) is 30.5. The molecule has 1 aliphatic heterocycles. The van der Waals surface area contributed by atoms with E-state index in [-0.39, 0.29) is 45.6 Å². The third kappa shape index (κ3) is 5.95. The Balaban J connectivity index is 0.00000387. The summed E-state index contributed by atoms with van der Waals surface area (Å²) in [5.41, 5.74) is 3.96. The number of carbonyl (C=O) groups is 1. The maximum atomic E-state index is 12.2. The van der Waals surface area contributed by atoms with E-state index in [4.69, 9.17) is 4.42 Å². The van der Waals surface area contributed by atoms with Crippen LogP contribution in [0.2, 0.25) is 0 Å². The predicted molar refractivity (Wildman–Crippen MR) is 153 cm³/mol. The van der Waals surface area contributed by atoms with Gasteiger partial charge in [-0.15, -0.1) is 0 Å². The maximum absolute atomic E-state index is 12.2. The van der Waals surface area contributed by atoms with Crippen molar-refractivity contribution in [1.82, 2.24) is 0 Å². The van der Waals surface area contributed by atoms with Crippen LogP contribution in [0, 0.1) is 6.92 Å². The summed E-state index contributed by atoms with van der Waals surface area (Å²) in [6.45, 7) is 7.46. The average molecular weight is 579 g/mol. The van der Waals surface area contributed by atoms with Crippen LogP contribution >= 0.6 is 0 Å². The van der Waals surface area contributed by atoms with Crippen LogP contribution in [-0.2, 0) is 10.1 Å². The number of nitrogens with zero attached hydrogens (tertiary/aromatic N) is 2. The van der Waals surface area contributed by atoms with Crippen molar-refractivity contribution in [1.29, 1.82) is 0 Å². The van der Waals surface area contributed by atoms with E-state index in [0.717, 1.165) is 18.8 Å². The molecule has 0 aromatic heterocycles. The molecule has 41 heavy (non-hydrogen) atoms. The first-order chi connectivity index (χ1) is 19.1. The van der Waals surface area contributed by atoms with Gasteiger partial charge in [-0.25, -0.2) is 18.2 Å². The molecule has 1 heterocycles. The van der Waals surface area contributed by atoms with E-state index < -0.39 is 16.1 Å². The molecule has 204 valence electrons. The van der Waals surface area contributed by atoms with Gasteiger partial charge in [-0.3, -0.25) is 0 Å².